The first-order valence-electron chi connectivity index (χ1n) is 3.55. The molecule has 0 unspecified atom stereocenters. The van der Waals surface area contributed by atoms with Crippen molar-refractivity contribution in [2.45, 2.75) is 26.2 Å². The van der Waals surface area contributed by atoms with Gasteiger partial charge in [-0.05, 0) is 6.42 Å². The normalized spacial score (nSPS) is 10.0. The highest BCUT2D eigenvalue weighted by Gasteiger charge is 2.22. The van der Waals surface area contributed by atoms with Gasteiger partial charge in [-0.2, -0.15) is 0 Å². The average Bonchev–Trinajstić information content (AvgIpc) is 2.02. The number of rotatable bonds is 5. The van der Waals surface area contributed by atoms with Crippen LogP contribution in [-0.4, -0.2) is 18.0 Å². The third-order valence-electron chi connectivity index (χ3n) is 1.31. The topological polar surface area (TPSA) is 34.1 Å². The zero-order valence-electron chi connectivity index (χ0n) is 6.77. The maximum absolute atomic E-state index is 11.7. The van der Waals surface area contributed by atoms with E-state index in [1.165, 1.54) is 0 Å². The lowest BCUT2D eigenvalue weighted by Gasteiger charge is -2.00. The molecule has 0 N–H and O–H groups in total. The number of carbonyl (C=O) groups is 2. The van der Waals surface area contributed by atoms with Crippen molar-refractivity contribution in [2.75, 3.05) is 0 Å². The molecule has 0 aliphatic heterocycles. The van der Waals surface area contributed by atoms with Crippen molar-refractivity contribution in [3.63, 3.8) is 0 Å². The molecule has 0 saturated carbocycles. The largest absolute Gasteiger partial charge is 0.300 e. The third-order valence-corrected chi connectivity index (χ3v) is 1.31. The van der Waals surface area contributed by atoms with E-state index >= 15 is 0 Å². The molecule has 0 aromatic heterocycles. The van der Waals surface area contributed by atoms with E-state index in [0.29, 0.717) is 6.42 Å². The number of Topliss-reactive ketones (excluding diaryl/α,β-unsaturated/α-hetero) is 2. The Morgan fingerprint density at radius 2 is 1.92 bits per heavy atom. The Hall–Kier alpha value is -1.06. The molecular formula is C8H10F2O2. The quantitative estimate of drug-likeness (QED) is 0.363. The molecule has 0 radical (unpaired) electrons. The molecule has 0 fully saturated rings. The van der Waals surface area contributed by atoms with Gasteiger partial charge in [0.25, 0.3) is 0 Å². The second-order valence-corrected chi connectivity index (χ2v) is 2.32. The molecule has 4 heteroatoms. The van der Waals surface area contributed by atoms with E-state index in [-0.39, 0.29) is 6.42 Å². The fourth-order valence-corrected chi connectivity index (χ4v) is 0.647. The Morgan fingerprint density at radius 3 is 2.25 bits per heavy atom. The van der Waals surface area contributed by atoms with Crippen LogP contribution in [0.25, 0.3) is 0 Å². The zero-order valence-corrected chi connectivity index (χ0v) is 6.77. The third kappa shape index (κ3) is 2.90. The first-order valence-corrected chi connectivity index (χ1v) is 3.55. The van der Waals surface area contributed by atoms with Crippen LogP contribution in [0.4, 0.5) is 8.78 Å². The van der Waals surface area contributed by atoms with E-state index in [2.05, 4.69) is 6.58 Å². The molecule has 0 amide bonds. The van der Waals surface area contributed by atoms with Gasteiger partial charge in [-0.1, -0.05) is 13.5 Å². The lowest BCUT2D eigenvalue weighted by atomic mass is 10.1. The summed E-state index contributed by atoms with van der Waals surface area (Å²) < 4.78 is 23.4. The zero-order chi connectivity index (χ0) is 9.72. The number of allylic oxidation sites excluding steroid dienone is 1. The van der Waals surface area contributed by atoms with Crippen molar-refractivity contribution in [2.24, 2.45) is 0 Å². The van der Waals surface area contributed by atoms with Crippen LogP contribution in [0.15, 0.2) is 12.2 Å². The molecule has 0 bridgehead atoms. The van der Waals surface area contributed by atoms with Crippen LogP contribution in [0.1, 0.15) is 19.8 Å². The molecule has 0 aliphatic carbocycles. The minimum absolute atomic E-state index is 0.0945. The lowest BCUT2D eigenvalue weighted by molar-refractivity contribution is -0.128. The van der Waals surface area contributed by atoms with Gasteiger partial charge in [0.05, 0.1) is 5.57 Å². The van der Waals surface area contributed by atoms with Crippen LogP contribution in [0.3, 0.4) is 0 Å². The van der Waals surface area contributed by atoms with Crippen LogP contribution >= 0.6 is 0 Å². The summed E-state index contributed by atoms with van der Waals surface area (Å²) in [7, 11) is 0. The van der Waals surface area contributed by atoms with Gasteiger partial charge in [0.2, 0.25) is 5.78 Å². The Balaban J connectivity index is 4.20. The molecule has 68 valence electrons. The summed E-state index contributed by atoms with van der Waals surface area (Å²) >= 11 is 0. The van der Waals surface area contributed by atoms with E-state index in [9.17, 15) is 18.4 Å². The Bertz CT molecular complexity index is 209. The second-order valence-electron chi connectivity index (χ2n) is 2.32. The van der Waals surface area contributed by atoms with Gasteiger partial charge in [0.1, 0.15) is 0 Å². The number of hydrogen-bond acceptors (Lipinski definition) is 2. The maximum atomic E-state index is 11.7. The van der Waals surface area contributed by atoms with Gasteiger partial charge < -0.3 is 0 Å². The van der Waals surface area contributed by atoms with Crippen molar-refractivity contribution in [1.82, 2.24) is 0 Å². The Morgan fingerprint density at radius 1 is 1.42 bits per heavy atom. The number of carbonyl (C=O) groups excluding carboxylic acids is 2. The van der Waals surface area contributed by atoms with Gasteiger partial charge in [0.15, 0.2) is 5.78 Å². The summed E-state index contributed by atoms with van der Waals surface area (Å²) in [5, 5.41) is 0. The smallest absolute Gasteiger partial charge is 0.294 e. The first-order chi connectivity index (χ1) is 5.50. The van der Waals surface area contributed by atoms with E-state index in [4.69, 9.17) is 0 Å². The van der Waals surface area contributed by atoms with E-state index < -0.39 is 23.6 Å². The van der Waals surface area contributed by atoms with Gasteiger partial charge in [-0.3, -0.25) is 9.59 Å². The molecule has 0 rings (SSSR count). The van der Waals surface area contributed by atoms with Gasteiger partial charge in [-0.15, -0.1) is 0 Å². The summed E-state index contributed by atoms with van der Waals surface area (Å²) in [4.78, 5) is 21.3. The lowest BCUT2D eigenvalue weighted by Crippen LogP contribution is -2.18. The predicted octanol–water partition coefficient (Wildman–Crippen LogP) is 1.75. The van der Waals surface area contributed by atoms with Crippen molar-refractivity contribution < 1.29 is 18.4 Å². The van der Waals surface area contributed by atoms with E-state index in [0.717, 1.165) is 0 Å². The molecule has 0 aliphatic rings. The monoisotopic (exact) mass is 176 g/mol. The molecular weight excluding hydrogens is 166 g/mol. The molecule has 12 heavy (non-hydrogen) atoms. The van der Waals surface area contributed by atoms with Crippen molar-refractivity contribution >= 4 is 11.6 Å². The van der Waals surface area contributed by atoms with Gasteiger partial charge in [0, 0.05) is 6.42 Å². The summed E-state index contributed by atoms with van der Waals surface area (Å²) in [6.07, 6.45) is -2.51. The molecule has 0 aromatic rings. The van der Waals surface area contributed by atoms with Crippen molar-refractivity contribution in [3.8, 4) is 0 Å². The fourth-order valence-electron chi connectivity index (χ4n) is 0.647. The highest BCUT2D eigenvalue weighted by Crippen LogP contribution is 2.07. The summed E-state index contributed by atoms with van der Waals surface area (Å²) in [6.45, 7) is 4.74. The summed E-state index contributed by atoms with van der Waals surface area (Å²) in [5.41, 5.74) is -0.591. The molecule has 2 nitrogen and oxygen atoms in total. The fraction of sp³-hybridized carbons (Fsp3) is 0.500. The molecule has 0 saturated heterocycles. The van der Waals surface area contributed by atoms with Crippen LogP contribution < -0.4 is 0 Å². The standard InChI is InChI=1S/C8H10F2O2/c1-3-4-6(11)5(2)7(12)8(9)10/h8H,2-4H2,1H3. The molecule has 0 heterocycles. The summed E-state index contributed by atoms with van der Waals surface area (Å²) in [5.74, 6) is -2.06. The number of halogens is 2. The SMILES string of the molecule is C=C(C(=O)CCC)C(=O)C(F)F. The minimum atomic E-state index is -3.13. The minimum Gasteiger partial charge on any atom is -0.294 e. The average molecular weight is 176 g/mol. The van der Waals surface area contributed by atoms with Crippen molar-refractivity contribution in [1.29, 1.82) is 0 Å². The number of hydrogen-bond donors (Lipinski definition) is 0. The molecule has 0 aromatic carbocycles. The van der Waals surface area contributed by atoms with E-state index in [1.807, 2.05) is 0 Å². The highest BCUT2D eigenvalue weighted by atomic mass is 19.3. The maximum Gasteiger partial charge on any atom is 0.300 e. The molecule has 0 atom stereocenters. The van der Waals surface area contributed by atoms with Crippen LogP contribution in [0.5, 0.6) is 0 Å². The predicted molar refractivity (Wildman–Crippen MR) is 40.1 cm³/mol. The summed E-state index contributed by atoms with van der Waals surface area (Å²) in [6, 6.07) is 0. The van der Waals surface area contributed by atoms with E-state index in [1.54, 1.807) is 6.92 Å². The van der Waals surface area contributed by atoms with Crippen LogP contribution in [0, 0.1) is 0 Å². The Labute approximate surface area is 69.3 Å². The van der Waals surface area contributed by atoms with Gasteiger partial charge >= 0.3 is 6.43 Å². The van der Waals surface area contributed by atoms with Crippen LogP contribution in [0.2, 0.25) is 0 Å². The second kappa shape index (κ2) is 4.74. The highest BCUT2D eigenvalue weighted by molar-refractivity contribution is 6.20. The van der Waals surface area contributed by atoms with Gasteiger partial charge in [-0.25, -0.2) is 8.78 Å². The molecule has 0 spiro atoms. The number of ketones is 2. The first kappa shape index (κ1) is 10.9. The number of alkyl halides is 2. The van der Waals surface area contributed by atoms with Crippen LogP contribution in [-0.2, 0) is 9.59 Å². The van der Waals surface area contributed by atoms with Crippen molar-refractivity contribution in [3.05, 3.63) is 12.2 Å². The Kier molecular flexibility index (Phi) is 4.33.